The van der Waals surface area contributed by atoms with Gasteiger partial charge in [-0.15, -0.1) is 0 Å². The zero-order chi connectivity index (χ0) is 17.7. The van der Waals surface area contributed by atoms with Gasteiger partial charge in [-0.1, -0.05) is 36.7 Å². The molecule has 2 aromatic rings. The third kappa shape index (κ3) is 4.75. The van der Waals surface area contributed by atoms with Crippen molar-refractivity contribution in [3.8, 4) is 5.75 Å². The average Bonchev–Trinajstić information content (AvgIpc) is 2.57. The van der Waals surface area contributed by atoms with Crippen LogP contribution in [0.1, 0.15) is 43.0 Å². The number of carbonyl (C=O) groups excluding carboxylic acids is 1. The van der Waals surface area contributed by atoms with Gasteiger partial charge in [0, 0.05) is 5.02 Å². The number of ether oxygens (including phenoxy) is 1. The van der Waals surface area contributed by atoms with E-state index in [1.807, 2.05) is 0 Å². The molecule has 0 aromatic heterocycles. The van der Waals surface area contributed by atoms with Crippen LogP contribution in [0, 0.1) is 13.8 Å². The highest BCUT2D eigenvalue weighted by molar-refractivity contribution is 6.30. The largest absolute Gasteiger partial charge is 0.481 e. The Bertz CT molecular complexity index is 697. The molecule has 2 atom stereocenters. The molecular weight excluding hydrogens is 322 g/mol. The number of amides is 1. The van der Waals surface area contributed by atoms with E-state index in [1.165, 1.54) is 11.1 Å². The SMILES string of the molecule is CCC(NC(=O)C(C)Oc1ccc(Cl)cc1)c1ccc(C)c(C)c1. The van der Waals surface area contributed by atoms with Gasteiger partial charge in [-0.2, -0.15) is 0 Å². The van der Waals surface area contributed by atoms with Gasteiger partial charge < -0.3 is 10.1 Å². The Morgan fingerprint density at radius 1 is 1.12 bits per heavy atom. The molecule has 0 heterocycles. The molecule has 24 heavy (non-hydrogen) atoms. The maximum Gasteiger partial charge on any atom is 0.261 e. The molecule has 2 rings (SSSR count). The fraction of sp³-hybridized carbons (Fsp3) is 0.350. The number of hydrogen-bond donors (Lipinski definition) is 1. The first-order valence-electron chi connectivity index (χ1n) is 8.20. The maximum atomic E-state index is 12.4. The van der Waals surface area contributed by atoms with Crippen molar-refractivity contribution in [3.63, 3.8) is 0 Å². The van der Waals surface area contributed by atoms with Crippen LogP contribution in [0.25, 0.3) is 0 Å². The van der Waals surface area contributed by atoms with E-state index < -0.39 is 6.10 Å². The summed E-state index contributed by atoms with van der Waals surface area (Å²) in [7, 11) is 0. The number of hydrogen-bond acceptors (Lipinski definition) is 2. The van der Waals surface area contributed by atoms with Gasteiger partial charge in [0.2, 0.25) is 0 Å². The maximum absolute atomic E-state index is 12.4. The molecule has 0 aliphatic rings. The van der Waals surface area contributed by atoms with E-state index >= 15 is 0 Å². The molecule has 0 spiro atoms. The second kappa shape index (κ2) is 8.20. The predicted octanol–water partition coefficient (Wildman–Crippen LogP) is 4.99. The Labute approximate surface area is 149 Å². The molecular formula is C20H24ClNO2. The molecule has 0 fully saturated rings. The van der Waals surface area contributed by atoms with Crippen LogP contribution in [0.4, 0.5) is 0 Å². The van der Waals surface area contributed by atoms with Crippen LogP contribution < -0.4 is 10.1 Å². The lowest BCUT2D eigenvalue weighted by molar-refractivity contribution is -0.128. The summed E-state index contributed by atoms with van der Waals surface area (Å²) in [5.74, 6) is 0.497. The van der Waals surface area contributed by atoms with E-state index in [-0.39, 0.29) is 11.9 Å². The summed E-state index contributed by atoms with van der Waals surface area (Å²) in [6.45, 7) is 7.97. The van der Waals surface area contributed by atoms with Gasteiger partial charge >= 0.3 is 0 Å². The van der Waals surface area contributed by atoms with Crippen molar-refractivity contribution in [2.75, 3.05) is 0 Å². The fourth-order valence-electron chi connectivity index (χ4n) is 2.46. The zero-order valence-corrected chi connectivity index (χ0v) is 15.4. The van der Waals surface area contributed by atoms with Gasteiger partial charge in [0.25, 0.3) is 5.91 Å². The molecule has 2 aromatic carbocycles. The molecule has 0 bridgehead atoms. The van der Waals surface area contributed by atoms with Crippen molar-refractivity contribution >= 4 is 17.5 Å². The Kier molecular flexibility index (Phi) is 6.27. The minimum absolute atomic E-state index is 0.0203. The first-order chi connectivity index (χ1) is 11.4. The van der Waals surface area contributed by atoms with Gasteiger partial charge in [0.05, 0.1) is 6.04 Å². The molecule has 1 N–H and O–H groups in total. The smallest absolute Gasteiger partial charge is 0.261 e. The monoisotopic (exact) mass is 345 g/mol. The molecule has 0 aliphatic heterocycles. The number of benzene rings is 2. The van der Waals surface area contributed by atoms with Crippen LogP contribution in [0.15, 0.2) is 42.5 Å². The summed E-state index contributed by atoms with van der Waals surface area (Å²) in [5, 5.41) is 3.71. The van der Waals surface area contributed by atoms with Crippen LogP contribution in [-0.2, 0) is 4.79 Å². The van der Waals surface area contributed by atoms with Crippen molar-refractivity contribution in [1.29, 1.82) is 0 Å². The molecule has 0 saturated heterocycles. The fourth-order valence-corrected chi connectivity index (χ4v) is 2.59. The minimum atomic E-state index is -0.577. The van der Waals surface area contributed by atoms with Crippen LogP contribution in [0.3, 0.4) is 0 Å². The molecule has 128 valence electrons. The molecule has 2 unspecified atom stereocenters. The van der Waals surface area contributed by atoms with Crippen molar-refractivity contribution in [2.24, 2.45) is 0 Å². The van der Waals surface area contributed by atoms with Crippen molar-refractivity contribution < 1.29 is 9.53 Å². The summed E-state index contributed by atoms with van der Waals surface area (Å²) >= 11 is 5.86. The van der Waals surface area contributed by atoms with Gasteiger partial charge in [-0.05, 0) is 68.1 Å². The highest BCUT2D eigenvalue weighted by Gasteiger charge is 2.19. The number of rotatable bonds is 6. The number of halogens is 1. The van der Waals surface area contributed by atoms with E-state index in [4.69, 9.17) is 16.3 Å². The second-order valence-corrected chi connectivity index (χ2v) is 6.46. The second-order valence-electron chi connectivity index (χ2n) is 6.03. The first kappa shape index (κ1) is 18.3. The van der Waals surface area contributed by atoms with Crippen LogP contribution >= 0.6 is 11.6 Å². The summed E-state index contributed by atoms with van der Waals surface area (Å²) in [4.78, 5) is 12.4. The quantitative estimate of drug-likeness (QED) is 0.800. The lowest BCUT2D eigenvalue weighted by atomic mass is 9.99. The van der Waals surface area contributed by atoms with Crippen LogP contribution in [-0.4, -0.2) is 12.0 Å². The zero-order valence-electron chi connectivity index (χ0n) is 14.6. The topological polar surface area (TPSA) is 38.3 Å². The summed E-state index contributed by atoms with van der Waals surface area (Å²) < 4.78 is 5.68. The van der Waals surface area contributed by atoms with Gasteiger partial charge in [-0.3, -0.25) is 4.79 Å². The molecule has 0 aliphatic carbocycles. The van der Waals surface area contributed by atoms with E-state index in [0.717, 1.165) is 12.0 Å². The number of aryl methyl sites for hydroxylation is 2. The molecule has 4 heteroatoms. The highest BCUT2D eigenvalue weighted by atomic mass is 35.5. The van der Waals surface area contributed by atoms with E-state index in [1.54, 1.807) is 31.2 Å². The third-order valence-electron chi connectivity index (χ3n) is 4.15. The van der Waals surface area contributed by atoms with Gasteiger partial charge in [-0.25, -0.2) is 0 Å². The normalized spacial score (nSPS) is 13.2. The number of carbonyl (C=O) groups is 1. The Morgan fingerprint density at radius 2 is 1.79 bits per heavy atom. The Morgan fingerprint density at radius 3 is 2.38 bits per heavy atom. The lowest BCUT2D eigenvalue weighted by Crippen LogP contribution is -2.38. The van der Waals surface area contributed by atoms with Crippen molar-refractivity contribution in [2.45, 2.75) is 46.3 Å². The summed E-state index contributed by atoms with van der Waals surface area (Å²) in [6, 6.07) is 13.3. The molecule has 3 nitrogen and oxygen atoms in total. The minimum Gasteiger partial charge on any atom is -0.481 e. The molecule has 0 radical (unpaired) electrons. The van der Waals surface area contributed by atoms with E-state index in [0.29, 0.717) is 10.8 Å². The summed E-state index contributed by atoms with van der Waals surface area (Å²) in [5.41, 5.74) is 3.60. The third-order valence-corrected chi connectivity index (χ3v) is 4.41. The molecule has 0 saturated carbocycles. The van der Waals surface area contributed by atoms with Gasteiger partial charge in [0.15, 0.2) is 6.10 Å². The summed E-state index contributed by atoms with van der Waals surface area (Å²) in [6.07, 6.45) is 0.244. The van der Waals surface area contributed by atoms with Gasteiger partial charge in [0.1, 0.15) is 5.75 Å². The van der Waals surface area contributed by atoms with Crippen molar-refractivity contribution in [3.05, 3.63) is 64.2 Å². The number of nitrogens with one attached hydrogen (secondary N) is 1. The highest BCUT2D eigenvalue weighted by Crippen LogP contribution is 2.21. The Hall–Kier alpha value is -2.00. The van der Waals surface area contributed by atoms with Crippen LogP contribution in [0.5, 0.6) is 5.75 Å². The average molecular weight is 346 g/mol. The first-order valence-corrected chi connectivity index (χ1v) is 8.58. The van der Waals surface area contributed by atoms with Crippen molar-refractivity contribution in [1.82, 2.24) is 5.32 Å². The van der Waals surface area contributed by atoms with Crippen LogP contribution in [0.2, 0.25) is 5.02 Å². The molecule has 1 amide bonds. The lowest BCUT2D eigenvalue weighted by Gasteiger charge is -2.21. The Balaban J connectivity index is 2.02. The standard InChI is InChI=1S/C20H24ClNO2/c1-5-19(16-7-6-13(2)14(3)12-16)22-20(23)15(4)24-18-10-8-17(21)9-11-18/h6-12,15,19H,5H2,1-4H3,(H,22,23). The van der Waals surface area contributed by atoms with E-state index in [9.17, 15) is 4.79 Å². The predicted molar refractivity (Wildman–Crippen MR) is 98.6 cm³/mol. The van der Waals surface area contributed by atoms with E-state index in [2.05, 4.69) is 44.3 Å².